The van der Waals surface area contributed by atoms with Crippen molar-refractivity contribution in [1.29, 1.82) is 0 Å². The zero-order valence-corrected chi connectivity index (χ0v) is 16.1. The van der Waals surface area contributed by atoms with Crippen LogP contribution in [0.25, 0.3) is 0 Å². The van der Waals surface area contributed by atoms with E-state index in [1.165, 1.54) is 4.31 Å². The molecule has 1 amide bonds. The fourth-order valence-corrected chi connectivity index (χ4v) is 5.64. The number of carbonyl (C=O) groups excluding carboxylic acids is 1. The first-order valence-corrected chi connectivity index (χ1v) is 10.8. The van der Waals surface area contributed by atoms with Gasteiger partial charge in [-0.1, -0.05) is 31.0 Å². The van der Waals surface area contributed by atoms with E-state index in [0.29, 0.717) is 19.4 Å². The highest BCUT2D eigenvalue weighted by Crippen LogP contribution is 2.28. The molecule has 0 radical (unpaired) electrons. The third-order valence-corrected chi connectivity index (χ3v) is 7.53. The van der Waals surface area contributed by atoms with Crippen molar-refractivity contribution in [1.82, 2.24) is 9.21 Å². The summed E-state index contributed by atoms with van der Waals surface area (Å²) in [5, 5.41) is 10.2. The molecular weight excluding hydrogens is 352 g/mol. The first-order valence-electron chi connectivity index (χ1n) is 9.41. The molecule has 0 aromatic heterocycles. The van der Waals surface area contributed by atoms with Gasteiger partial charge in [0.25, 0.3) is 0 Å². The van der Waals surface area contributed by atoms with Gasteiger partial charge in [-0.05, 0) is 37.8 Å². The molecule has 1 saturated heterocycles. The Morgan fingerprint density at radius 1 is 1.12 bits per heavy atom. The summed E-state index contributed by atoms with van der Waals surface area (Å²) in [6.45, 7) is 0.653. The Hall–Kier alpha value is -1.44. The second-order valence-corrected chi connectivity index (χ2v) is 9.32. The monoisotopic (exact) mass is 380 g/mol. The molecule has 1 saturated carbocycles. The number of benzene rings is 1. The number of hydrogen-bond donors (Lipinski definition) is 1. The Morgan fingerprint density at radius 2 is 1.81 bits per heavy atom. The number of hydrogen-bond acceptors (Lipinski definition) is 4. The molecule has 1 aromatic rings. The van der Waals surface area contributed by atoms with Crippen LogP contribution in [0.1, 0.15) is 38.5 Å². The van der Waals surface area contributed by atoms with Gasteiger partial charge in [0, 0.05) is 20.1 Å². The largest absolute Gasteiger partial charge is 0.391 e. The first-order chi connectivity index (χ1) is 12.4. The zero-order chi connectivity index (χ0) is 18.7. The summed E-state index contributed by atoms with van der Waals surface area (Å²) < 4.78 is 27.1. The van der Waals surface area contributed by atoms with Crippen molar-refractivity contribution >= 4 is 15.9 Å². The number of aliphatic hydroxyl groups excluding tert-OH is 1. The Morgan fingerprint density at radius 3 is 2.50 bits per heavy atom. The minimum Gasteiger partial charge on any atom is -0.391 e. The third kappa shape index (κ3) is 3.94. The van der Waals surface area contributed by atoms with Crippen molar-refractivity contribution in [3.05, 3.63) is 30.3 Å². The molecule has 1 aliphatic heterocycles. The van der Waals surface area contributed by atoms with Crippen LogP contribution in [-0.4, -0.2) is 60.9 Å². The van der Waals surface area contributed by atoms with E-state index in [1.54, 1.807) is 42.3 Å². The summed E-state index contributed by atoms with van der Waals surface area (Å²) in [5.74, 6) is -0.398. The lowest BCUT2D eigenvalue weighted by atomic mass is 9.90. The van der Waals surface area contributed by atoms with Gasteiger partial charge < -0.3 is 10.0 Å². The number of carbonyl (C=O) groups is 1. The van der Waals surface area contributed by atoms with Gasteiger partial charge >= 0.3 is 0 Å². The van der Waals surface area contributed by atoms with Crippen molar-refractivity contribution in [2.45, 2.75) is 55.6 Å². The van der Waals surface area contributed by atoms with E-state index in [1.807, 2.05) is 0 Å². The van der Waals surface area contributed by atoms with Crippen LogP contribution in [0.3, 0.4) is 0 Å². The predicted molar refractivity (Wildman–Crippen MR) is 99.0 cm³/mol. The second kappa shape index (κ2) is 8.06. The summed E-state index contributed by atoms with van der Waals surface area (Å²) >= 11 is 0. The number of piperidine rings is 1. The molecule has 0 spiro atoms. The van der Waals surface area contributed by atoms with Crippen LogP contribution in [0.5, 0.6) is 0 Å². The molecule has 3 rings (SSSR count). The van der Waals surface area contributed by atoms with Crippen molar-refractivity contribution < 1.29 is 18.3 Å². The molecule has 26 heavy (non-hydrogen) atoms. The zero-order valence-electron chi connectivity index (χ0n) is 15.3. The van der Waals surface area contributed by atoms with E-state index < -0.39 is 16.1 Å². The highest BCUT2D eigenvalue weighted by molar-refractivity contribution is 7.89. The maximum atomic E-state index is 12.9. The number of aliphatic hydroxyl groups is 1. The Labute approximate surface area is 155 Å². The lowest BCUT2D eigenvalue weighted by Crippen LogP contribution is -2.51. The molecule has 6 nitrogen and oxygen atoms in total. The Bertz CT molecular complexity index is 722. The normalized spacial score (nSPS) is 27.8. The van der Waals surface area contributed by atoms with E-state index in [4.69, 9.17) is 0 Å². The fraction of sp³-hybridized carbons (Fsp3) is 0.632. The predicted octanol–water partition coefficient (Wildman–Crippen LogP) is 1.85. The topological polar surface area (TPSA) is 77.9 Å². The average Bonchev–Trinajstić information content (AvgIpc) is 2.68. The quantitative estimate of drug-likeness (QED) is 0.865. The second-order valence-electron chi connectivity index (χ2n) is 7.38. The minimum absolute atomic E-state index is 0.0519. The van der Waals surface area contributed by atoms with Crippen molar-refractivity contribution in [2.75, 3.05) is 20.1 Å². The molecule has 3 atom stereocenters. The van der Waals surface area contributed by atoms with Crippen LogP contribution >= 0.6 is 0 Å². The Kier molecular flexibility index (Phi) is 5.99. The van der Waals surface area contributed by atoms with Crippen molar-refractivity contribution in [2.24, 2.45) is 5.92 Å². The van der Waals surface area contributed by atoms with E-state index in [-0.39, 0.29) is 29.3 Å². The van der Waals surface area contributed by atoms with Crippen LogP contribution in [0.4, 0.5) is 0 Å². The summed E-state index contributed by atoms with van der Waals surface area (Å²) in [6, 6.07) is 8.22. The molecular formula is C19H28N2O4S. The maximum Gasteiger partial charge on any atom is 0.243 e. The van der Waals surface area contributed by atoms with Crippen LogP contribution in [0.15, 0.2) is 35.2 Å². The van der Waals surface area contributed by atoms with E-state index in [9.17, 15) is 18.3 Å². The van der Waals surface area contributed by atoms with Gasteiger partial charge in [-0.2, -0.15) is 4.31 Å². The van der Waals surface area contributed by atoms with Gasteiger partial charge in [0.1, 0.15) is 0 Å². The molecule has 2 aliphatic rings. The number of likely N-dealkylation sites (N-methyl/N-ethyl adjacent to an activating group) is 1. The van der Waals surface area contributed by atoms with Gasteiger partial charge in [0.2, 0.25) is 15.9 Å². The minimum atomic E-state index is -3.58. The molecule has 0 bridgehead atoms. The SMILES string of the molecule is CN(C(=O)[C@@H]1CCCN(S(=O)(=O)c2ccccc2)C1)[C@@H]1CCCC[C@H]1O. The van der Waals surface area contributed by atoms with Gasteiger partial charge in [-0.3, -0.25) is 4.79 Å². The lowest BCUT2D eigenvalue weighted by molar-refractivity contribution is -0.140. The molecule has 1 aliphatic carbocycles. The molecule has 1 N–H and O–H groups in total. The number of amides is 1. The van der Waals surface area contributed by atoms with Gasteiger partial charge in [-0.15, -0.1) is 0 Å². The molecule has 144 valence electrons. The smallest absolute Gasteiger partial charge is 0.243 e. The summed E-state index contributed by atoms with van der Waals surface area (Å²) in [7, 11) is -1.83. The van der Waals surface area contributed by atoms with E-state index in [2.05, 4.69) is 0 Å². The van der Waals surface area contributed by atoms with Crippen molar-refractivity contribution in [3.8, 4) is 0 Å². The molecule has 1 heterocycles. The summed E-state index contributed by atoms with van der Waals surface area (Å²) in [4.78, 5) is 14.9. The van der Waals surface area contributed by atoms with Gasteiger partial charge in [-0.25, -0.2) is 8.42 Å². The molecule has 2 fully saturated rings. The Balaban J connectivity index is 1.71. The molecule has 7 heteroatoms. The summed E-state index contributed by atoms with van der Waals surface area (Å²) in [6.07, 6.45) is 4.41. The highest BCUT2D eigenvalue weighted by atomic mass is 32.2. The molecule has 0 unspecified atom stereocenters. The van der Waals surface area contributed by atoms with Crippen LogP contribution in [0, 0.1) is 5.92 Å². The third-order valence-electron chi connectivity index (χ3n) is 5.65. The fourth-order valence-electron chi connectivity index (χ4n) is 4.10. The average molecular weight is 381 g/mol. The number of nitrogens with zero attached hydrogens (tertiary/aromatic N) is 2. The van der Waals surface area contributed by atoms with E-state index >= 15 is 0 Å². The van der Waals surface area contributed by atoms with Crippen LogP contribution in [0.2, 0.25) is 0 Å². The lowest BCUT2D eigenvalue weighted by Gasteiger charge is -2.39. The number of rotatable bonds is 4. The van der Waals surface area contributed by atoms with Gasteiger partial charge in [0.15, 0.2) is 0 Å². The van der Waals surface area contributed by atoms with Crippen LogP contribution in [-0.2, 0) is 14.8 Å². The van der Waals surface area contributed by atoms with Crippen LogP contribution < -0.4 is 0 Å². The summed E-state index contributed by atoms with van der Waals surface area (Å²) in [5.41, 5.74) is 0. The molecule has 1 aromatic carbocycles. The van der Waals surface area contributed by atoms with E-state index in [0.717, 1.165) is 25.7 Å². The standard InChI is InChI=1S/C19H28N2O4S/c1-20(17-11-5-6-12-18(17)22)19(23)15-8-7-13-21(14-15)26(24,25)16-9-3-2-4-10-16/h2-4,9-10,15,17-18,22H,5-8,11-14H2,1H3/t15-,17-,18-/m1/s1. The first kappa shape index (κ1) is 19.3. The number of sulfonamides is 1. The maximum absolute atomic E-state index is 12.9. The van der Waals surface area contributed by atoms with Gasteiger partial charge in [0.05, 0.1) is 23.0 Å². The highest BCUT2D eigenvalue weighted by Gasteiger charge is 2.37. The van der Waals surface area contributed by atoms with Crippen molar-refractivity contribution in [3.63, 3.8) is 0 Å².